The van der Waals surface area contributed by atoms with Gasteiger partial charge in [0, 0.05) is 11.8 Å². The van der Waals surface area contributed by atoms with Crippen LogP contribution in [0.4, 0.5) is 0 Å². The maximum atomic E-state index is 4.92. The largest absolute Gasteiger partial charge is 0.342 e. The Labute approximate surface area is 147 Å². The van der Waals surface area contributed by atoms with Crippen LogP contribution >= 0.6 is 0 Å². The van der Waals surface area contributed by atoms with Crippen LogP contribution in [0.25, 0.3) is 22.1 Å². The van der Waals surface area contributed by atoms with Crippen molar-refractivity contribution in [1.82, 2.24) is 19.9 Å². The maximum Gasteiger partial charge on any atom is 0.113 e. The third-order valence-corrected chi connectivity index (χ3v) is 5.19. The number of fused-ring (bicyclic) bond motifs is 2. The molecule has 0 fully saturated rings. The van der Waals surface area contributed by atoms with Gasteiger partial charge in [0.2, 0.25) is 0 Å². The Morgan fingerprint density at radius 1 is 0.840 bits per heavy atom. The molecule has 25 heavy (non-hydrogen) atoms. The minimum absolute atomic E-state index is 0.138. The summed E-state index contributed by atoms with van der Waals surface area (Å²) < 4.78 is 0. The molecule has 2 aromatic heterocycles. The van der Waals surface area contributed by atoms with Crippen LogP contribution in [-0.4, -0.2) is 19.9 Å². The highest BCUT2D eigenvalue weighted by atomic mass is 15.0. The van der Waals surface area contributed by atoms with Crippen molar-refractivity contribution in [2.75, 3.05) is 0 Å². The number of hydrogen-bond donors (Lipinski definition) is 2. The molecule has 0 spiro atoms. The zero-order chi connectivity index (χ0) is 17.8. The summed E-state index contributed by atoms with van der Waals surface area (Å²) in [6.45, 7) is 10.8. The van der Waals surface area contributed by atoms with E-state index in [4.69, 9.17) is 9.97 Å². The smallest absolute Gasteiger partial charge is 0.113 e. The van der Waals surface area contributed by atoms with Crippen LogP contribution in [0.3, 0.4) is 0 Å². The highest BCUT2D eigenvalue weighted by Gasteiger charge is 2.27. The molecule has 0 bridgehead atoms. The molecule has 2 heterocycles. The fourth-order valence-electron chi connectivity index (χ4n) is 3.45. The number of para-hydroxylation sites is 1. The van der Waals surface area contributed by atoms with Crippen molar-refractivity contribution in [1.29, 1.82) is 0 Å². The summed E-state index contributed by atoms with van der Waals surface area (Å²) in [5.41, 5.74) is 7.92. The second kappa shape index (κ2) is 5.45. The quantitative estimate of drug-likeness (QED) is 0.561. The van der Waals surface area contributed by atoms with E-state index in [1.165, 1.54) is 16.7 Å². The van der Waals surface area contributed by atoms with E-state index in [2.05, 4.69) is 74.9 Å². The first-order chi connectivity index (χ1) is 11.8. The zero-order valence-electron chi connectivity index (χ0n) is 15.5. The molecule has 4 heteroatoms. The molecule has 0 atom stereocenters. The molecule has 0 saturated heterocycles. The monoisotopic (exact) mass is 332 g/mol. The van der Waals surface area contributed by atoms with Gasteiger partial charge in [0.15, 0.2) is 0 Å². The lowest BCUT2D eigenvalue weighted by atomic mass is 9.88. The van der Waals surface area contributed by atoms with Crippen LogP contribution in [0.15, 0.2) is 30.3 Å². The molecule has 0 radical (unpaired) electrons. The molecule has 2 N–H and O–H groups in total. The third-order valence-electron chi connectivity index (χ3n) is 5.19. The van der Waals surface area contributed by atoms with Gasteiger partial charge in [-0.3, -0.25) is 0 Å². The lowest BCUT2D eigenvalue weighted by Gasteiger charge is -2.20. The molecule has 0 amide bonds. The van der Waals surface area contributed by atoms with E-state index >= 15 is 0 Å². The summed E-state index contributed by atoms with van der Waals surface area (Å²) in [5, 5.41) is 0. The normalized spacial score (nSPS) is 12.4. The SMILES string of the molecule is Cc1ccc2[nH]c(C(C)(C)Cc3nc4c(C)cccc4[nH]3)nc2c1C. The molecule has 0 aliphatic rings. The van der Waals surface area contributed by atoms with Gasteiger partial charge in [-0.25, -0.2) is 9.97 Å². The molecule has 4 aromatic rings. The predicted molar refractivity (Wildman–Crippen MR) is 103 cm³/mol. The highest BCUT2D eigenvalue weighted by molar-refractivity contribution is 5.80. The van der Waals surface area contributed by atoms with Gasteiger partial charge in [0.05, 0.1) is 22.1 Å². The third kappa shape index (κ3) is 2.62. The Bertz CT molecular complexity index is 1080. The summed E-state index contributed by atoms with van der Waals surface area (Å²) in [5.74, 6) is 2.01. The Kier molecular flexibility index (Phi) is 3.46. The Balaban J connectivity index is 1.73. The first-order valence-corrected chi connectivity index (χ1v) is 8.76. The lowest BCUT2D eigenvalue weighted by Crippen LogP contribution is -2.23. The fourth-order valence-corrected chi connectivity index (χ4v) is 3.45. The molecule has 4 rings (SSSR count). The fraction of sp³-hybridized carbons (Fsp3) is 0.333. The second-order valence-electron chi connectivity index (χ2n) is 7.70. The molecule has 128 valence electrons. The van der Waals surface area contributed by atoms with Crippen molar-refractivity contribution in [2.45, 2.75) is 46.5 Å². The topological polar surface area (TPSA) is 57.4 Å². The van der Waals surface area contributed by atoms with Crippen LogP contribution in [-0.2, 0) is 11.8 Å². The average molecular weight is 332 g/mol. The first kappa shape index (κ1) is 15.9. The Morgan fingerprint density at radius 3 is 2.36 bits per heavy atom. The number of aromatic nitrogens is 4. The van der Waals surface area contributed by atoms with Crippen LogP contribution in [0, 0.1) is 20.8 Å². The predicted octanol–water partition coefficient (Wildman–Crippen LogP) is 4.88. The number of rotatable bonds is 3. The summed E-state index contributed by atoms with van der Waals surface area (Å²) in [6.07, 6.45) is 0.805. The number of imidazole rings is 2. The Hall–Kier alpha value is -2.62. The number of nitrogens with one attached hydrogen (secondary N) is 2. The number of aryl methyl sites for hydroxylation is 3. The van der Waals surface area contributed by atoms with E-state index < -0.39 is 0 Å². The molecule has 0 aliphatic carbocycles. The van der Waals surface area contributed by atoms with Gasteiger partial charge in [-0.05, 0) is 49.6 Å². The van der Waals surface area contributed by atoms with Gasteiger partial charge in [0.25, 0.3) is 0 Å². The van der Waals surface area contributed by atoms with Crippen LogP contribution in [0.5, 0.6) is 0 Å². The van der Waals surface area contributed by atoms with Gasteiger partial charge < -0.3 is 9.97 Å². The van der Waals surface area contributed by atoms with E-state index in [1.807, 2.05) is 0 Å². The Morgan fingerprint density at radius 2 is 1.60 bits per heavy atom. The van der Waals surface area contributed by atoms with Gasteiger partial charge >= 0.3 is 0 Å². The summed E-state index contributed by atoms with van der Waals surface area (Å²) >= 11 is 0. The minimum atomic E-state index is -0.138. The van der Waals surface area contributed by atoms with E-state index in [1.54, 1.807) is 0 Å². The van der Waals surface area contributed by atoms with Crippen molar-refractivity contribution >= 4 is 22.1 Å². The highest BCUT2D eigenvalue weighted by Crippen LogP contribution is 2.29. The van der Waals surface area contributed by atoms with Gasteiger partial charge in [0.1, 0.15) is 11.6 Å². The standard InChI is InChI=1S/C21H24N4/c1-12-9-10-16-19(14(12)3)25-20(23-16)21(4,5)11-17-22-15-8-6-7-13(2)18(15)24-17/h6-10H,11H2,1-5H3,(H,22,24)(H,23,25). The number of aromatic amines is 2. The molecule has 2 aromatic carbocycles. The second-order valence-corrected chi connectivity index (χ2v) is 7.70. The molecule has 0 aliphatic heterocycles. The first-order valence-electron chi connectivity index (χ1n) is 8.76. The van der Waals surface area contributed by atoms with Crippen LogP contribution in [0.1, 0.15) is 42.2 Å². The number of benzene rings is 2. The zero-order valence-corrected chi connectivity index (χ0v) is 15.5. The van der Waals surface area contributed by atoms with Crippen molar-refractivity contribution in [3.63, 3.8) is 0 Å². The van der Waals surface area contributed by atoms with Crippen molar-refractivity contribution in [3.8, 4) is 0 Å². The van der Waals surface area contributed by atoms with E-state index in [0.717, 1.165) is 40.1 Å². The molecular formula is C21H24N4. The van der Waals surface area contributed by atoms with Crippen molar-refractivity contribution in [2.24, 2.45) is 0 Å². The average Bonchev–Trinajstić information content (AvgIpc) is 3.16. The van der Waals surface area contributed by atoms with Crippen LogP contribution in [0.2, 0.25) is 0 Å². The molecule has 4 nitrogen and oxygen atoms in total. The van der Waals surface area contributed by atoms with E-state index in [-0.39, 0.29) is 5.41 Å². The van der Waals surface area contributed by atoms with Gasteiger partial charge in [-0.2, -0.15) is 0 Å². The molecule has 0 saturated carbocycles. The van der Waals surface area contributed by atoms with Crippen molar-refractivity contribution < 1.29 is 0 Å². The van der Waals surface area contributed by atoms with Gasteiger partial charge in [-0.15, -0.1) is 0 Å². The van der Waals surface area contributed by atoms with Gasteiger partial charge in [-0.1, -0.05) is 32.0 Å². The van der Waals surface area contributed by atoms with Crippen molar-refractivity contribution in [3.05, 3.63) is 58.7 Å². The maximum absolute atomic E-state index is 4.92. The molecule has 0 unspecified atom stereocenters. The van der Waals surface area contributed by atoms with Crippen LogP contribution < -0.4 is 0 Å². The summed E-state index contributed by atoms with van der Waals surface area (Å²) in [6, 6.07) is 10.5. The number of hydrogen-bond acceptors (Lipinski definition) is 2. The number of nitrogens with zero attached hydrogens (tertiary/aromatic N) is 2. The summed E-state index contributed by atoms with van der Waals surface area (Å²) in [7, 11) is 0. The van der Waals surface area contributed by atoms with E-state index in [0.29, 0.717) is 0 Å². The summed E-state index contributed by atoms with van der Waals surface area (Å²) in [4.78, 5) is 16.7. The number of H-pyrrole nitrogens is 2. The lowest BCUT2D eigenvalue weighted by molar-refractivity contribution is 0.483. The minimum Gasteiger partial charge on any atom is -0.342 e. The molecular weight excluding hydrogens is 308 g/mol. The van der Waals surface area contributed by atoms with E-state index in [9.17, 15) is 0 Å².